The van der Waals surface area contributed by atoms with Gasteiger partial charge in [0.1, 0.15) is 5.75 Å². The van der Waals surface area contributed by atoms with Crippen LogP contribution in [0.4, 0.5) is 5.69 Å². The molecule has 2 aromatic rings. The second kappa shape index (κ2) is 8.54. The summed E-state index contributed by atoms with van der Waals surface area (Å²) in [7, 11) is 0. The molecule has 7 nitrogen and oxygen atoms in total. The van der Waals surface area contributed by atoms with E-state index < -0.39 is 6.04 Å². The molecule has 0 aliphatic heterocycles. The summed E-state index contributed by atoms with van der Waals surface area (Å²) in [6.45, 7) is 1.94. The third kappa shape index (κ3) is 5.57. The normalized spacial score (nSPS) is 12.0. The van der Waals surface area contributed by atoms with Crippen molar-refractivity contribution in [2.75, 3.05) is 17.3 Å². The van der Waals surface area contributed by atoms with Crippen LogP contribution in [0.2, 0.25) is 0 Å². The van der Waals surface area contributed by atoms with Gasteiger partial charge in [-0.15, -0.1) is 0 Å². The fraction of sp³-hybridized carbons (Fsp3) is 0.400. The van der Waals surface area contributed by atoms with Gasteiger partial charge in [0.2, 0.25) is 5.91 Å². The number of thioether (sulfide) groups is 1. The number of nitrogens with two attached hydrogens (primary N) is 1. The average molecular weight is 336 g/mol. The Morgan fingerprint density at radius 1 is 1.43 bits per heavy atom. The zero-order valence-corrected chi connectivity index (χ0v) is 13.9. The van der Waals surface area contributed by atoms with Gasteiger partial charge >= 0.3 is 0 Å². The monoisotopic (exact) mass is 336 g/mol. The SMILES string of the molecule is CSCC[C@H](N)C(=O)Nc1ccc(OCc2nc(C)no2)cc1. The van der Waals surface area contributed by atoms with E-state index in [1.165, 1.54) is 0 Å². The lowest BCUT2D eigenvalue weighted by Crippen LogP contribution is -2.36. The Bertz CT molecular complexity index is 630. The highest BCUT2D eigenvalue weighted by molar-refractivity contribution is 7.98. The zero-order chi connectivity index (χ0) is 16.7. The number of hydrogen-bond donors (Lipinski definition) is 2. The predicted octanol–water partition coefficient (Wildman–Crippen LogP) is 1.98. The number of ether oxygens (including phenoxy) is 1. The number of carbonyl (C=O) groups is 1. The van der Waals surface area contributed by atoms with Gasteiger partial charge in [-0.2, -0.15) is 16.7 Å². The van der Waals surface area contributed by atoms with Crippen molar-refractivity contribution in [2.24, 2.45) is 5.73 Å². The minimum atomic E-state index is -0.501. The number of hydrogen-bond acceptors (Lipinski definition) is 7. The Labute approximate surface area is 139 Å². The van der Waals surface area contributed by atoms with E-state index in [4.69, 9.17) is 15.0 Å². The first-order chi connectivity index (χ1) is 11.1. The first-order valence-corrected chi connectivity index (χ1v) is 8.55. The number of aryl methyl sites for hydroxylation is 1. The van der Waals surface area contributed by atoms with Crippen molar-refractivity contribution in [3.63, 3.8) is 0 Å². The number of carbonyl (C=O) groups excluding carboxylic acids is 1. The van der Waals surface area contributed by atoms with E-state index in [-0.39, 0.29) is 12.5 Å². The van der Waals surface area contributed by atoms with E-state index in [1.54, 1.807) is 43.0 Å². The molecule has 0 fully saturated rings. The van der Waals surface area contributed by atoms with Gasteiger partial charge in [0.25, 0.3) is 5.89 Å². The molecule has 1 aromatic heterocycles. The molecule has 2 rings (SSSR count). The topological polar surface area (TPSA) is 103 Å². The molecule has 0 aliphatic carbocycles. The summed E-state index contributed by atoms with van der Waals surface area (Å²) >= 11 is 1.67. The molecule has 0 radical (unpaired) electrons. The number of nitrogens with zero attached hydrogens (tertiary/aromatic N) is 2. The van der Waals surface area contributed by atoms with Crippen LogP contribution in [0, 0.1) is 6.92 Å². The van der Waals surface area contributed by atoms with Crippen LogP contribution in [0.3, 0.4) is 0 Å². The maximum Gasteiger partial charge on any atom is 0.264 e. The van der Waals surface area contributed by atoms with E-state index >= 15 is 0 Å². The summed E-state index contributed by atoms with van der Waals surface area (Å²) in [5.74, 6) is 2.30. The first-order valence-electron chi connectivity index (χ1n) is 7.16. The van der Waals surface area contributed by atoms with E-state index in [1.807, 2.05) is 6.26 Å². The minimum Gasteiger partial charge on any atom is -0.484 e. The first kappa shape index (κ1) is 17.3. The number of nitrogens with one attached hydrogen (secondary N) is 1. The zero-order valence-electron chi connectivity index (χ0n) is 13.1. The summed E-state index contributed by atoms with van der Waals surface area (Å²) < 4.78 is 10.5. The molecule has 1 amide bonds. The summed E-state index contributed by atoms with van der Waals surface area (Å²) in [5, 5.41) is 6.47. The van der Waals surface area contributed by atoms with Crippen LogP contribution < -0.4 is 15.8 Å². The minimum absolute atomic E-state index is 0.186. The van der Waals surface area contributed by atoms with E-state index in [9.17, 15) is 4.79 Å². The lowest BCUT2D eigenvalue weighted by molar-refractivity contribution is -0.117. The van der Waals surface area contributed by atoms with Crippen molar-refractivity contribution in [1.82, 2.24) is 10.1 Å². The third-order valence-corrected chi connectivity index (χ3v) is 3.67. The van der Waals surface area contributed by atoms with E-state index in [2.05, 4.69) is 15.5 Å². The molecular weight excluding hydrogens is 316 g/mol. The van der Waals surface area contributed by atoms with Crippen molar-refractivity contribution < 1.29 is 14.1 Å². The van der Waals surface area contributed by atoms with Crippen LogP contribution in [-0.4, -0.2) is 34.1 Å². The molecule has 124 valence electrons. The molecule has 3 N–H and O–H groups in total. The molecule has 0 saturated carbocycles. The third-order valence-electron chi connectivity index (χ3n) is 3.02. The average Bonchev–Trinajstić information content (AvgIpc) is 2.97. The molecule has 1 heterocycles. The van der Waals surface area contributed by atoms with Gasteiger partial charge < -0.3 is 20.3 Å². The van der Waals surface area contributed by atoms with Crippen LogP contribution in [0.1, 0.15) is 18.1 Å². The molecule has 1 atom stereocenters. The Hall–Kier alpha value is -2.06. The van der Waals surface area contributed by atoms with Gasteiger partial charge in [0, 0.05) is 5.69 Å². The molecule has 0 unspecified atom stereocenters. The number of amides is 1. The molecule has 0 aliphatic rings. The van der Waals surface area contributed by atoms with Gasteiger partial charge in [0.05, 0.1) is 6.04 Å². The van der Waals surface area contributed by atoms with Crippen molar-refractivity contribution in [3.05, 3.63) is 36.0 Å². The van der Waals surface area contributed by atoms with Crippen molar-refractivity contribution in [3.8, 4) is 5.75 Å². The Kier molecular flexibility index (Phi) is 6.42. The quantitative estimate of drug-likeness (QED) is 0.759. The van der Waals surface area contributed by atoms with Crippen molar-refractivity contribution in [1.29, 1.82) is 0 Å². The fourth-order valence-electron chi connectivity index (χ4n) is 1.79. The standard InChI is InChI=1S/C15H20N4O3S/c1-10-17-14(22-19-10)9-21-12-5-3-11(4-6-12)18-15(20)13(16)7-8-23-2/h3-6,13H,7-9,16H2,1-2H3,(H,18,20)/t13-/m0/s1. The highest BCUT2D eigenvalue weighted by Gasteiger charge is 2.13. The van der Waals surface area contributed by atoms with Crippen LogP contribution >= 0.6 is 11.8 Å². The Balaban J connectivity index is 1.83. The largest absolute Gasteiger partial charge is 0.484 e. The van der Waals surface area contributed by atoms with E-state index in [0.29, 0.717) is 29.6 Å². The highest BCUT2D eigenvalue weighted by Crippen LogP contribution is 2.17. The molecule has 0 saturated heterocycles. The van der Waals surface area contributed by atoms with Gasteiger partial charge in [-0.05, 0) is 49.6 Å². The lowest BCUT2D eigenvalue weighted by Gasteiger charge is -2.12. The lowest BCUT2D eigenvalue weighted by atomic mass is 10.2. The summed E-state index contributed by atoms with van der Waals surface area (Å²) in [6, 6.07) is 6.53. The molecule has 0 bridgehead atoms. The summed E-state index contributed by atoms with van der Waals surface area (Å²) in [5.41, 5.74) is 6.50. The summed E-state index contributed by atoms with van der Waals surface area (Å²) in [6.07, 6.45) is 2.64. The van der Waals surface area contributed by atoms with Crippen LogP contribution in [0.5, 0.6) is 5.75 Å². The van der Waals surface area contributed by atoms with Crippen LogP contribution in [0.15, 0.2) is 28.8 Å². The molecule has 8 heteroatoms. The summed E-state index contributed by atoms with van der Waals surface area (Å²) in [4.78, 5) is 16.0. The van der Waals surface area contributed by atoms with E-state index in [0.717, 1.165) is 5.75 Å². The van der Waals surface area contributed by atoms with Gasteiger partial charge in [0.15, 0.2) is 12.4 Å². The maximum absolute atomic E-state index is 11.9. The smallest absolute Gasteiger partial charge is 0.264 e. The predicted molar refractivity (Wildman–Crippen MR) is 89.4 cm³/mol. The fourth-order valence-corrected chi connectivity index (χ4v) is 2.28. The maximum atomic E-state index is 11.9. The molecule has 0 spiro atoms. The highest BCUT2D eigenvalue weighted by atomic mass is 32.2. The molecule has 23 heavy (non-hydrogen) atoms. The van der Waals surface area contributed by atoms with Crippen LogP contribution in [-0.2, 0) is 11.4 Å². The molecule has 1 aromatic carbocycles. The van der Waals surface area contributed by atoms with Crippen molar-refractivity contribution >= 4 is 23.4 Å². The van der Waals surface area contributed by atoms with Gasteiger partial charge in [-0.1, -0.05) is 5.16 Å². The number of benzene rings is 1. The number of aromatic nitrogens is 2. The Morgan fingerprint density at radius 3 is 2.78 bits per heavy atom. The second-order valence-electron chi connectivity index (χ2n) is 4.93. The number of rotatable bonds is 8. The van der Waals surface area contributed by atoms with Crippen LogP contribution in [0.25, 0.3) is 0 Å². The Morgan fingerprint density at radius 2 is 2.17 bits per heavy atom. The van der Waals surface area contributed by atoms with Gasteiger partial charge in [-0.25, -0.2) is 0 Å². The van der Waals surface area contributed by atoms with Gasteiger partial charge in [-0.3, -0.25) is 4.79 Å². The number of anilines is 1. The molecular formula is C15H20N4O3S. The second-order valence-corrected chi connectivity index (χ2v) is 5.91. The van der Waals surface area contributed by atoms with Crippen molar-refractivity contribution in [2.45, 2.75) is 26.0 Å².